The van der Waals surface area contributed by atoms with Gasteiger partial charge in [0.05, 0.1) is 0 Å². The molecular weight excluding hydrogens is 652 g/mol. The van der Waals surface area contributed by atoms with Crippen LogP contribution in [0.25, 0.3) is 0 Å². The fourth-order valence-electron chi connectivity index (χ4n) is 9.92. The van der Waals surface area contributed by atoms with E-state index in [4.69, 9.17) is 14.2 Å². The Bertz CT molecular complexity index is 1170. The first-order valence-corrected chi connectivity index (χ1v) is 20.9. The molecule has 0 spiro atoms. The highest BCUT2D eigenvalue weighted by Crippen LogP contribution is 2.51. The Balaban J connectivity index is 1.62. The number of carbonyl (C=O) groups excluding carboxylic acids is 3. The van der Waals surface area contributed by atoms with Crippen LogP contribution in [0.5, 0.6) is 0 Å². The molecule has 0 aromatic carbocycles. The minimum absolute atomic E-state index is 0.0412. The van der Waals surface area contributed by atoms with E-state index in [2.05, 4.69) is 114 Å². The smallest absolute Gasteiger partial charge is 0.320 e. The Kier molecular flexibility index (Phi) is 14.6. The van der Waals surface area contributed by atoms with Crippen molar-refractivity contribution in [2.24, 2.45) is 34.5 Å². The predicted octanol–water partition coefficient (Wildman–Crippen LogP) is 9.70. The number of rotatable bonds is 15. The third-order valence-corrected chi connectivity index (χ3v) is 13.4. The maximum atomic E-state index is 14.0. The van der Waals surface area contributed by atoms with Gasteiger partial charge in [0.2, 0.25) is 0 Å². The maximum absolute atomic E-state index is 14.0. The highest BCUT2D eigenvalue weighted by Gasteiger charge is 2.47. The summed E-state index contributed by atoms with van der Waals surface area (Å²) < 4.78 is 18.5. The third kappa shape index (κ3) is 12.4. The molecule has 0 aromatic rings. The lowest BCUT2D eigenvalue weighted by Gasteiger charge is -2.50. The summed E-state index contributed by atoms with van der Waals surface area (Å²) in [6, 6.07) is 0. The highest BCUT2D eigenvalue weighted by atomic mass is 16.6. The Morgan fingerprint density at radius 2 is 1.00 bits per heavy atom. The molecule has 2 heterocycles. The maximum Gasteiger partial charge on any atom is 0.320 e. The fourth-order valence-corrected chi connectivity index (χ4v) is 9.92. The Hall–Kier alpha value is -1.67. The van der Waals surface area contributed by atoms with Gasteiger partial charge < -0.3 is 24.8 Å². The zero-order valence-electron chi connectivity index (χ0n) is 36.2. The average Bonchev–Trinajstić information content (AvgIpc) is 2.93. The van der Waals surface area contributed by atoms with E-state index in [9.17, 15) is 14.4 Å². The molecule has 1 aliphatic carbocycles. The molecule has 0 aromatic heterocycles. The summed E-state index contributed by atoms with van der Waals surface area (Å²) in [6.45, 7) is 33.3. The number of hydrogen-bond donors (Lipinski definition) is 2. The minimum Gasteiger partial charge on any atom is -0.462 e. The van der Waals surface area contributed by atoms with E-state index in [1.54, 1.807) is 0 Å². The van der Waals surface area contributed by atoms with E-state index in [0.29, 0.717) is 49.9 Å². The molecule has 0 bridgehead atoms. The first-order valence-electron chi connectivity index (χ1n) is 20.9. The van der Waals surface area contributed by atoms with Gasteiger partial charge in [0, 0.05) is 54.3 Å². The first kappa shape index (κ1) is 44.7. The number of unbranched alkanes of at least 4 members (excludes halogenated alkanes) is 3. The summed E-state index contributed by atoms with van der Waals surface area (Å²) in [5, 5.41) is 7.55. The molecule has 7 unspecified atom stereocenters. The van der Waals surface area contributed by atoms with Gasteiger partial charge in [0.15, 0.2) is 5.92 Å². The van der Waals surface area contributed by atoms with Gasteiger partial charge in [-0.15, -0.1) is 0 Å². The molecule has 1 saturated carbocycles. The highest BCUT2D eigenvalue weighted by molar-refractivity contribution is 5.95. The van der Waals surface area contributed by atoms with E-state index in [-0.39, 0.29) is 57.3 Å². The summed E-state index contributed by atoms with van der Waals surface area (Å²) in [7, 11) is 0. The molecule has 8 nitrogen and oxygen atoms in total. The molecule has 0 amide bonds. The van der Waals surface area contributed by atoms with Gasteiger partial charge in [-0.3, -0.25) is 14.4 Å². The van der Waals surface area contributed by atoms with Gasteiger partial charge in [0.25, 0.3) is 0 Å². The zero-order valence-corrected chi connectivity index (χ0v) is 36.2. The lowest BCUT2D eigenvalue weighted by Crippen LogP contribution is -2.63. The molecule has 7 atom stereocenters. The van der Waals surface area contributed by atoms with Crippen LogP contribution in [-0.2, 0) is 28.6 Å². The van der Waals surface area contributed by atoms with Crippen molar-refractivity contribution in [1.82, 2.24) is 10.6 Å². The second-order valence-corrected chi connectivity index (χ2v) is 21.3. The van der Waals surface area contributed by atoms with Crippen LogP contribution in [0, 0.1) is 34.5 Å². The SMILES string of the molecule is CC(C)C1(C)CC(OC(=O)C(CCCCCCC(=O)OC2CC(C)(C)NC(C)(C(C)C)C2)C(=O)OC2CC(C)(C)NC(C)(C(C)C)C2)CC(C)(C)C1. The topological polar surface area (TPSA) is 103 Å². The molecule has 8 heteroatoms. The number of esters is 3. The minimum atomic E-state index is -0.956. The molecule has 2 N–H and O–H groups in total. The van der Waals surface area contributed by atoms with Crippen molar-refractivity contribution < 1.29 is 28.6 Å². The zero-order chi connectivity index (χ0) is 39.5. The standard InChI is InChI=1S/C44H80N2O6/c1-29(2)42(13)25-32(22-39(7,8)28-42)51-37(48)35(38(49)52-34-24-41(11,12)46-44(15,27-34)31(5)6)20-18-16-17-19-21-36(47)50-33-23-40(9,10)45-43(14,26-33)30(3)4/h29-35,45-46H,16-28H2,1-15H3. The normalized spacial score (nSPS) is 33.5. The molecule has 52 heavy (non-hydrogen) atoms. The molecular formula is C44H80N2O6. The van der Waals surface area contributed by atoms with Crippen molar-refractivity contribution in [3.8, 4) is 0 Å². The van der Waals surface area contributed by atoms with E-state index >= 15 is 0 Å². The summed E-state index contributed by atoms with van der Waals surface area (Å²) in [5.41, 5.74) is -0.460. The van der Waals surface area contributed by atoms with Crippen LogP contribution in [0.15, 0.2) is 0 Å². The third-order valence-electron chi connectivity index (χ3n) is 13.4. The second kappa shape index (κ2) is 17.0. The van der Waals surface area contributed by atoms with Crippen molar-refractivity contribution in [2.75, 3.05) is 0 Å². The van der Waals surface area contributed by atoms with Gasteiger partial charge in [-0.2, -0.15) is 0 Å². The van der Waals surface area contributed by atoms with Gasteiger partial charge in [0.1, 0.15) is 18.3 Å². The van der Waals surface area contributed by atoms with Crippen LogP contribution in [0.4, 0.5) is 0 Å². The second-order valence-electron chi connectivity index (χ2n) is 21.3. The van der Waals surface area contributed by atoms with Crippen LogP contribution >= 0.6 is 0 Å². The summed E-state index contributed by atoms with van der Waals surface area (Å²) >= 11 is 0. The van der Waals surface area contributed by atoms with Crippen LogP contribution in [0.2, 0.25) is 0 Å². The number of hydrogen-bond acceptors (Lipinski definition) is 8. The number of nitrogens with one attached hydrogen (secondary N) is 2. The number of piperidine rings is 2. The van der Waals surface area contributed by atoms with E-state index < -0.39 is 17.9 Å². The van der Waals surface area contributed by atoms with E-state index in [1.165, 1.54) is 0 Å². The molecule has 3 rings (SSSR count). The Labute approximate surface area is 318 Å². The van der Waals surface area contributed by atoms with E-state index in [0.717, 1.165) is 51.4 Å². The molecule has 2 saturated heterocycles. The predicted molar refractivity (Wildman–Crippen MR) is 211 cm³/mol. The Morgan fingerprint density at radius 3 is 1.46 bits per heavy atom. The lowest BCUT2D eigenvalue weighted by molar-refractivity contribution is -0.175. The van der Waals surface area contributed by atoms with Gasteiger partial charge in [-0.1, -0.05) is 81.6 Å². The molecule has 0 radical (unpaired) electrons. The Morgan fingerprint density at radius 1 is 0.558 bits per heavy atom. The largest absolute Gasteiger partial charge is 0.462 e. The molecule has 3 fully saturated rings. The summed E-state index contributed by atoms with van der Waals surface area (Å²) in [4.78, 5) is 40.9. The quantitative estimate of drug-likeness (QED) is 0.0743. The molecule has 3 aliphatic rings. The molecule has 2 aliphatic heterocycles. The number of ether oxygens (including phenoxy) is 3. The van der Waals surface area contributed by atoms with Gasteiger partial charge in [-0.25, -0.2) is 0 Å². The van der Waals surface area contributed by atoms with E-state index in [1.807, 2.05) is 0 Å². The van der Waals surface area contributed by atoms with Crippen molar-refractivity contribution in [3.05, 3.63) is 0 Å². The van der Waals surface area contributed by atoms with Gasteiger partial charge >= 0.3 is 17.9 Å². The first-order chi connectivity index (χ1) is 23.7. The fraction of sp³-hybridized carbons (Fsp3) is 0.932. The van der Waals surface area contributed by atoms with Crippen LogP contribution in [0.1, 0.15) is 187 Å². The van der Waals surface area contributed by atoms with Crippen molar-refractivity contribution in [2.45, 2.75) is 228 Å². The number of carbonyl (C=O) groups is 3. The average molecular weight is 733 g/mol. The monoisotopic (exact) mass is 733 g/mol. The molecule has 302 valence electrons. The van der Waals surface area contributed by atoms with Crippen molar-refractivity contribution in [1.29, 1.82) is 0 Å². The lowest BCUT2D eigenvalue weighted by atomic mass is 9.59. The van der Waals surface area contributed by atoms with Crippen molar-refractivity contribution in [3.63, 3.8) is 0 Å². The summed E-state index contributed by atoms with van der Waals surface area (Å²) in [6.07, 6.45) is 8.88. The van der Waals surface area contributed by atoms with Crippen LogP contribution in [-0.4, -0.2) is 58.4 Å². The van der Waals surface area contributed by atoms with Gasteiger partial charge in [-0.05, 0) is 102 Å². The van der Waals surface area contributed by atoms with Crippen LogP contribution in [0.3, 0.4) is 0 Å². The van der Waals surface area contributed by atoms with Crippen molar-refractivity contribution >= 4 is 17.9 Å². The summed E-state index contributed by atoms with van der Waals surface area (Å²) in [5.74, 6) is -0.765. The van der Waals surface area contributed by atoms with Crippen LogP contribution < -0.4 is 10.6 Å².